The molecular weight excluding hydrogens is 372 g/mol. The van der Waals surface area contributed by atoms with Crippen molar-refractivity contribution in [3.63, 3.8) is 0 Å². The predicted molar refractivity (Wildman–Crippen MR) is 116 cm³/mol. The topological polar surface area (TPSA) is 65.7 Å². The van der Waals surface area contributed by atoms with Gasteiger partial charge in [-0.15, -0.1) is 0 Å². The molecule has 0 radical (unpaired) electrons. The van der Waals surface area contributed by atoms with Crippen molar-refractivity contribution in [2.24, 2.45) is 0 Å². The van der Waals surface area contributed by atoms with Gasteiger partial charge in [0, 0.05) is 17.6 Å². The molecule has 0 fully saturated rings. The maximum Gasteiger partial charge on any atom is 0.341 e. The summed E-state index contributed by atoms with van der Waals surface area (Å²) < 4.78 is 17.1. The highest BCUT2D eigenvalue weighted by atomic mass is 28.4. The lowest BCUT2D eigenvalue weighted by atomic mass is 9.86. The third kappa shape index (κ3) is 5.80. The second-order valence-electron chi connectivity index (χ2n) is 9.88. The monoisotopic (exact) mass is 410 g/mol. The minimum atomic E-state index is -1.83. The van der Waals surface area contributed by atoms with Crippen LogP contribution >= 0.6 is 0 Å². The summed E-state index contributed by atoms with van der Waals surface area (Å²) in [7, 11) is -1.83. The van der Waals surface area contributed by atoms with Gasteiger partial charge in [0.15, 0.2) is 8.32 Å². The Bertz CT molecular complexity index is 748. The molecule has 1 rings (SSSR count). The van der Waals surface area contributed by atoms with Crippen LogP contribution in [0.4, 0.5) is 0 Å². The molecule has 0 spiro atoms. The molecule has 6 heteroatoms. The van der Waals surface area contributed by atoms with Crippen LogP contribution in [-0.4, -0.2) is 27.5 Å². The van der Waals surface area contributed by atoms with Crippen molar-refractivity contribution in [3.8, 4) is 0 Å². The fraction of sp³-hybridized carbons (Fsp3) is 0.727. The zero-order valence-corrected chi connectivity index (χ0v) is 20.4. The Morgan fingerprint density at radius 1 is 1.11 bits per heavy atom. The Labute approximate surface area is 170 Å². The second kappa shape index (κ2) is 8.95. The van der Waals surface area contributed by atoms with E-state index in [1.165, 1.54) is 0 Å². The van der Waals surface area contributed by atoms with Crippen molar-refractivity contribution in [2.75, 3.05) is 13.2 Å². The molecule has 0 aliphatic heterocycles. The van der Waals surface area contributed by atoms with Crippen LogP contribution < -0.4 is 5.63 Å². The average Bonchev–Trinajstić information content (AvgIpc) is 2.52. The molecule has 0 aromatic carbocycles. The van der Waals surface area contributed by atoms with Gasteiger partial charge in [-0.05, 0) is 50.4 Å². The first-order valence-electron chi connectivity index (χ1n) is 10.1. The maximum absolute atomic E-state index is 12.7. The van der Waals surface area contributed by atoms with Crippen LogP contribution in [-0.2, 0) is 21.0 Å². The smallest absolute Gasteiger partial charge is 0.341 e. The highest BCUT2D eigenvalue weighted by molar-refractivity contribution is 6.74. The van der Waals surface area contributed by atoms with Crippen LogP contribution in [0.1, 0.15) is 82.1 Å². The van der Waals surface area contributed by atoms with E-state index < -0.39 is 25.3 Å². The fourth-order valence-corrected chi connectivity index (χ4v) is 3.81. The summed E-state index contributed by atoms with van der Waals surface area (Å²) in [5, 5.41) is 0.145. The molecule has 160 valence electrons. The van der Waals surface area contributed by atoms with Crippen molar-refractivity contribution in [1.29, 1.82) is 0 Å². The van der Waals surface area contributed by atoms with Gasteiger partial charge in [-0.25, -0.2) is 9.59 Å². The molecular formula is C22H38O5Si. The first-order chi connectivity index (χ1) is 12.6. The summed E-state index contributed by atoms with van der Waals surface area (Å²) in [4.78, 5) is 25.1. The van der Waals surface area contributed by atoms with Crippen LogP contribution in [0.3, 0.4) is 0 Å². The first kappa shape index (κ1) is 24.6. The molecule has 0 aliphatic carbocycles. The van der Waals surface area contributed by atoms with Crippen molar-refractivity contribution < 1.29 is 18.4 Å². The zero-order valence-electron chi connectivity index (χ0n) is 19.4. The van der Waals surface area contributed by atoms with Gasteiger partial charge >= 0.3 is 11.6 Å². The Hall–Kier alpha value is -1.40. The van der Waals surface area contributed by atoms with Crippen LogP contribution in [0.2, 0.25) is 18.1 Å². The van der Waals surface area contributed by atoms with E-state index in [4.69, 9.17) is 13.6 Å². The summed E-state index contributed by atoms with van der Waals surface area (Å²) in [6, 6.07) is 0. The number of carbonyl (C=O) groups is 1. The molecule has 0 saturated heterocycles. The minimum Gasteiger partial charge on any atom is -0.462 e. The Morgan fingerprint density at radius 2 is 1.68 bits per heavy atom. The molecule has 0 unspecified atom stereocenters. The average molecular weight is 411 g/mol. The molecule has 0 atom stereocenters. The second-order valence-corrected chi connectivity index (χ2v) is 14.7. The number of ether oxygens (including phenoxy) is 1. The van der Waals surface area contributed by atoms with E-state index in [1.807, 2.05) is 20.8 Å². The third-order valence-corrected chi connectivity index (χ3v) is 10.0. The first-order valence-corrected chi connectivity index (χ1v) is 13.0. The van der Waals surface area contributed by atoms with Crippen molar-refractivity contribution in [1.82, 2.24) is 0 Å². The lowest BCUT2D eigenvalue weighted by molar-refractivity contribution is 0.0516. The van der Waals surface area contributed by atoms with E-state index in [9.17, 15) is 9.59 Å². The largest absolute Gasteiger partial charge is 0.462 e. The molecule has 0 aliphatic rings. The molecule has 1 aromatic heterocycles. The Balaban J connectivity index is 3.22. The van der Waals surface area contributed by atoms with E-state index >= 15 is 0 Å². The maximum atomic E-state index is 12.7. The van der Waals surface area contributed by atoms with Gasteiger partial charge < -0.3 is 13.6 Å². The Morgan fingerprint density at radius 3 is 2.14 bits per heavy atom. The SMILES string of the molecule is CCOC(=O)c1c(C(C)(C)C)oc(=O)c(C)c1CCCO[Si](C)(C)C(C)(C)C. The van der Waals surface area contributed by atoms with Gasteiger partial charge in [0.25, 0.3) is 0 Å². The summed E-state index contributed by atoms with van der Waals surface area (Å²) in [5.41, 5.74) is 0.723. The number of rotatable bonds is 7. The van der Waals surface area contributed by atoms with Crippen LogP contribution in [0.15, 0.2) is 9.21 Å². The zero-order chi connectivity index (χ0) is 21.9. The number of hydrogen-bond acceptors (Lipinski definition) is 5. The molecule has 28 heavy (non-hydrogen) atoms. The van der Waals surface area contributed by atoms with Gasteiger partial charge in [-0.1, -0.05) is 41.5 Å². The van der Waals surface area contributed by atoms with E-state index in [2.05, 4.69) is 33.9 Å². The van der Waals surface area contributed by atoms with Crippen LogP contribution in [0.25, 0.3) is 0 Å². The minimum absolute atomic E-state index is 0.145. The standard InChI is InChI=1S/C22H38O5Si/c1-11-25-20(24)17-16(13-12-14-26-28(9,10)22(6,7)8)15(2)19(23)27-18(17)21(3,4)5/h11-14H2,1-10H3. The highest BCUT2D eigenvalue weighted by Gasteiger charge is 2.37. The molecule has 0 saturated carbocycles. The van der Waals surface area contributed by atoms with Gasteiger partial charge in [0.2, 0.25) is 0 Å². The van der Waals surface area contributed by atoms with Gasteiger partial charge in [0.05, 0.1) is 6.61 Å². The van der Waals surface area contributed by atoms with E-state index in [1.54, 1.807) is 13.8 Å². The summed E-state index contributed by atoms with van der Waals surface area (Å²) >= 11 is 0. The van der Waals surface area contributed by atoms with Crippen LogP contribution in [0.5, 0.6) is 0 Å². The molecule has 5 nitrogen and oxygen atoms in total. The molecule has 1 aromatic rings. The van der Waals surface area contributed by atoms with E-state index in [-0.39, 0.29) is 11.6 Å². The summed E-state index contributed by atoms with van der Waals surface area (Å²) in [6.45, 7) is 21.2. The number of esters is 1. The summed E-state index contributed by atoms with van der Waals surface area (Å²) in [5.74, 6) is -0.0403. The van der Waals surface area contributed by atoms with Crippen LogP contribution in [0, 0.1) is 6.92 Å². The lowest BCUT2D eigenvalue weighted by Crippen LogP contribution is -2.41. The number of hydrogen-bond donors (Lipinski definition) is 0. The molecule has 1 heterocycles. The number of carbonyl (C=O) groups excluding carboxylic acids is 1. The molecule has 0 N–H and O–H groups in total. The fourth-order valence-electron chi connectivity index (χ4n) is 2.72. The quantitative estimate of drug-likeness (QED) is 0.343. The molecule has 0 bridgehead atoms. The van der Waals surface area contributed by atoms with Crippen molar-refractivity contribution in [2.45, 2.75) is 91.8 Å². The lowest BCUT2D eigenvalue weighted by Gasteiger charge is -2.36. The highest BCUT2D eigenvalue weighted by Crippen LogP contribution is 2.36. The van der Waals surface area contributed by atoms with E-state index in [0.29, 0.717) is 29.9 Å². The normalized spacial score (nSPS) is 12.9. The van der Waals surface area contributed by atoms with Gasteiger partial charge in [0.1, 0.15) is 11.3 Å². The predicted octanol–water partition coefficient (Wildman–Crippen LogP) is 5.38. The third-order valence-electron chi connectivity index (χ3n) is 5.48. The van der Waals surface area contributed by atoms with Crippen molar-refractivity contribution in [3.05, 3.63) is 32.9 Å². The Kier molecular flexibility index (Phi) is 7.87. The summed E-state index contributed by atoms with van der Waals surface area (Å²) in [6.07, 6.45) is 1.30. The van der Waals surface area contributed by atoms with E-state index in [0.717, 1.165) is 12.0 Å². The van der Waals surface area contributed by atoms with Gasteiger partial charge in [-0.3, -0.25) is 0 Å². The molecule has 0 amide bonds. The van der Waals surface area contributed by atoms with Gasteiger partial charge in [-0.2, -0.15) is 0 Å². The van der Waals surface area contributed by atoms with Crippen molar-refractivity contribution >= 4 is 14.3 Å².